The Balaban J connectivity index is 0.00000169. The smallest absolute Gasteiger partial charge is 0.226 e. The summed E-state index contributed by atoms with van der Waals surface area (Å²) in [6, 6.07) is 4.38. The Labute approximate surface area is 138 Å². The third kappa shape index (κ3) is 2.88. The number of likely N-dealkylation sites (tertiary alicyclic amines) is 1. The molecule has 3 aliphatic heterocycles. The Morgan fingerprint density at radius 1 is 1.22 bits per heavy atom. The molecule has 1 aromatic rings. The molecule has 4 heterocycles. The maximum absolute atomic E-state index is 12.9. The van der Waals surface area contributed by atoms with Crippen LogP contribution in [-0.2, 0) is 9.53 Å². The lowest BCUT2D eigenvalue weighted by atomic mass is 9.75. The van der Waals surface area contributed by atoms with Crippen LogP contribution in [0.15, 0.2) is 24.5 Å². The summed E-state index contributed by atoms with van der Waals surface area (Å²) < 4.78 is 6.09. The van der Waals surface area contributed by atoms with Crippen LogP contribution in [-0.4, -0.2) is 54.2 Å². The zero-order valence-corrected chi connectivity index (χ0v) is 13.6. The van der Waals surface area contributed by atoms with Crippen molar-refractivity contribution in [1.82, 2.24) is 15.2 Å². The molecule has 0 spiro atoms. The van der Waals surface area contributed by atoms with Crippen LogP contribution in [0.4, 0.5) is 0 Å². The third-order valence-electron chi connectivity index (χ3n) is 5.73. The van der Waals surface area contributed by atoms with E-state index >= 15 is 0 Å². The maximum atomic E-state index is 12.9. The summed E-state index contributed by atoms with van der Waals surface area (Å²) in [4.78, 5) is 19.4. The van der Waals surface area contributed by atoms with Gasteiger partial charge in [0, 0.05) is 25.8 Å². The number of carbonyl (C=O) groups is 1. The fourth-order valence-corrected chi connectivity index (χ4v) is 4.47. The lowest BCUT2D eigenvalue weighted by molar-refractivity contribution is -0.128. The van der Waals surface area contributed by atoms with E-state index in [1.54, 1.807) is 0 Å². The highest BCUT2D eigenvalue weighted by molar-refractivity contribution is 5.81. The minimum absolute atomic E-state index is 0. The van der Waals surface area contributed by atoms with Gasteiger partial charge in [0.25, 0.3) is 0 Å². The van der Waals surface area contributed by atoms with Gasteiger partial charge in [-0.2, -0.15) is 0 Å². The second-order valence-electron chi connectivity index (χ2n) is 7.21. The van der Waals surface area contributed by atoms with E-state index in [2.05, 4.69) is 22.2 Å². The van der Waals surface area contributed by atoms with Gasteiger partial charge in [-0.25, -0.2) is 0 Å². The molecular formula is C18H27N3O2. The van der Waals surface area contributed by atoms with Crippen LogP contribution in [0.1, 0.15) is 38.6 Å². The molecule has 5 heteroatoms. The largest absolute Gasteiger partial charge is 0.373 e. The molecule has 1 amide bonds. The number of rotatable bonds is 3. The first kappa shape index (κ1) is 15.1. The quantitative estimate of drug-likeness (QED) is 0.923. The number of fused-ring (bicyclic) bond motifs is 2. The number of ether oxygens (including phenoxy) is 1. The lowest BCUT2D eigenvalue weighted by Gasteiger charge is -2.32. The van der Waals surface area contributed by atoms with E-state index in [1.807, 2.05) is 24.5 Å². The molecule has 4 atom stereocenters. The van der Waals surface area contributed by atoms with E-state index in [9.17, 15) is 4.79 Å². The Morgan fingerprint density at radius 3 is 2.65 bits per heavy atom. The molecule has 0 unspecified atom stereocenters. The van der Waals surface area contributed by atoms with Gasteiger partial charge in [-0.05, 0) is 63.5 Å². The molecule has 0 aromatic carbocycles. The predicted octanol–water partition coefficient (Wildman–Crippen LogP) is 1.80. The third-order valence-corrected chi connectivity index (χ3v) is 5.73. The van der Waals surface area contributed by atoms with Crippen molar-refractivity contribution in [2.24, 2.45) is 5.92 Å². The lowest BCUT2D eigenvalue weighted by Crippen LogP contribution is -2.48. The molecule has 2 bridgehead atoms. The molecule has 4 rings (SSSR count). The van der Waals surface area contributed by atoms with Gasteiger partial charge >= 0.3 is 0 Å². The number of piperidine rings is 1. The second-order valence-corrected chi connectivity index (χ2v) is 7.21. The van der Waals surface area contributed by atoms with E-state index in [0.29, 0.717) is 6.04 Å². The molecule has 0 saturated carbocycles. The number of aromatic nitrogens is 1. The van der Waals surface area contributed by atoms with E-state index in [4.69, 9.17) is 4.74 Å². The number of hydrogen-bond donors (Lipinski definition) is 1. The molecular weight excluding hydrogens is 290 g/mol. The summed E-state index contributed by atoms with van der Waals surface area (Å²) >= 11 is 0. The van der Waals surface area contributed by atoms with E-state index < -0.39 is 0 Å². The SMILES string of the molecule is CN1CCC(NC(=O)[C@H]2[C@H](c3ccncc3)[C@@H]3CC[C@H]2O3)CC1.[HH]. The molecule has 1 aromatic heterocycles. The van der Waals surface area contributed by atoms with E-state index in [1.165, 1.54) is 5.56 Å². The predicted molar refractivity (Wildman–Crippen MR) is 89.1 cm³/mol. The van der Waals surface area contributed by atoms with Crippen molar-refractivity contribution in [2.75, 3.05) is 20.1 Å². The van der Waals surface area contributed by atoms with Crippen molar-refractivity contribution in [1.29, 1.82) is 0 Å². The summed E-state index contributed by atoms with van der Waals surface area (Å²) in [5.74, 6) is 0.326. The summed E-state index contributed by atoms with van der Waals surface area (Å²) in [5, 5.41) is 3.30. The van der Waals surface area contributed by atoms with Crippen LogP contribution in [0.2, 0.25) is 0 Å². The highest BCUT2D eigenvalue weighted by Crippen LogP contribution is 2.48. The number of pyridine rings is 1. The Bertz CT molecular complexity index is 563. The van der Waals surface area contributed by atoms with E-state index in [0.717, 1.165) is 38.8 Å². The minimum atomic E-state index is -0.0455. The van der Waals surface area contributed by atoms with Crippen LogP contribution < -0.4 is 5.32 Å². The molecule has 3 aliphatic rings. The molecule has 0 aliphatic carbocycles. The van der Waals surface area contributed by atoms with Gasteiger partial charge in [-0.15, -0.1) is 0 Å². The van der Waals surface area contributed by atoms with Gasteiger partial charge in [0.2, 0.25) is 5.91 Å². The number of hydrogen-bond acceptors (Lipinski definition) is 4. The maximum Gasteiger partial charge on any atom is 0.226 e. The standard InChI is InChI=1S/C18H25N3O2.H2/c1-21-10-6-13(7-11-21)20-18(22)17-15-3-2-14(23-15)16(17)12-4-8-19-9-5-12;/h4-5,8-9,13-17H,2-3,6-7,10-11H2,1H3,(H,20,22);1H/t14-,15+,16+,17+;/m0./s1. The molecule has 126 valence electrons. The minimum Gasteiger partial charge on any atom is -0.373 e. The normalized spacial score (nSPS) is 34.7. The van der Waals surface area contributed by atoms with Crippen LogP contribution in [0.3, 0.4) is 0 Å². The average molecular weight is 317 g/mol. The molecule has 3 saturated heterocycles. The average Bonchev–Trinajstić information content (AvgIpc) is 3.19. The molecule has 1 N–H and O–H groups in total. The van der Waals surface area contributed by atoms with Crippen molar-refractivity contribution in [3.8, 4) is 0 Å². The Kier molecular flexibility index (Phi) is 4.07. The fourth-order valence-electron chi connectivity index (χ4n) is 4.47. The molecule has 0 radical (unpaired) electrons. The first-order valence-electron chi connectivity index (χ1n) is 8.76. The molecule has 23 heavy (non-hydrogen) atoms. The van der Waals surface area contributed by atoms with Crippen molar-refractivity contribution < 1.29 is 11.0 Å². The topological polar surface area (TPSA) is 54.5 Å². The first-order chi connectivity index (χ1) is 11.2. The highest BCUT2D eigenvalue weighted by Gasteiger charge is 2.52. The first-order valence-corrected chi connectivity index (χ1v) is 8.76. The van der Waals surface area contributed by atoms with Crippen LogP contribution >= 0.6 is 0 Å². The van der Waals surface area contributed by atoms with Gasteiger partial charge in [0.05, 0.1) is 18.1 Å². The Hall–Kier alpha value is -1.46. The monoisotopic (exact) mass is 317 g/mol. The summed E-state index contributed by atoms with van der Waals surface area (Å²) in [7, 11) is 2.14. The zero-order chi connectivity index (χ0) is 15.8. The molecule has 5 nitrogen and oxygen atoms in total. The van der Waals surface area contributed by atoms with Gasteiger partial charge in [-0.1, -0.05) is 0 Å². The van der Waals surface area contributed by atoms with Crippen molar-refractivity contribution >= 4 is 5.91 Å². The van der Waals surface area contributed by atoms with Crippen molar-refractivity contribution in [2.45, 2.75) is 49.9 Å². The van der Waals surface area contributed by atoms with Crippen LogP contribution in [0, 0.1) is 5.92 Å². The van der Waals surface area contributed by atoms with Gasteiger partial charge in [0.15, 0.2) is 0 Å². The van der Waals surface area contributed by atoms with Crippen LogP contribution in [0.5, 0.6) is 0 Å². The summed E-state index contributed by atoms with van der Waals surface area (Å²) in [5.41, 5.74) is 1.19. The number of nitrogens with one attached hydrogen (secondary N) is 1. The van der Waals surface area contributed by atoms with Gasteiger partial charge < -0.3 is 15.0 Å². The second kappa shape index (κ2) is 6.21. The Morgan fingerprint density at radius 2 is 1.91 bits per heavy atom. The molecule has 3 fully saturated rings. The van der Waals surface area contributed by atoms with Crippen molar-refractivity contribution in [3.05, 3.63) is 30.1 Å². The summed E-state index contributed by atoms with van der Waals surface area (Å²) in [6.45, 7) is 2.12. The number of nitrogens with zero attached hydrogens (tertiary/aromatic N) is 2. The van der Waals surface area contributed by atoms with E-state index in [-0.39, 0.29) is 31.4 Å². The summed E-state index contributed by atoms with van der Waals surface area (Å²) in [6.07, 6.45) is 8.07. The number of amides is 1. The highest BCUT2D eigenvalue weighted by atomic mass is 16.5. The van der Waals surface area contributed by atoms with Gasteiger partial charge in [0.1, 0.15) is 0 Å². The van der Waals surface area contributed by atoms with Gasteiger partial charge in [-0.3, -0.25) is 9.78 Å². The fraction of sp³-hybridized carbons (Fsp3) is 0.667. The zero-order valence-electron chi connectivity index (χ0n) is 13.6. The number of carbonyl (C=O) groups excluding carboxylic acids is 1. The van der Waals surface area contributed by atoms with Crippen LogP contribution in [0.25, 0.3) is 0 Å². The van der Waals surface area contributed by atoms with Crippen molar-refractivity contribution in [3.63, 3.8) is 0 Å².